The second kappa shape index (κ2) is 3.24. The van der Waals surface area contributed by atoms with Gasteiger partial charge < -0.3 is 4.74 Å². The van der Waals surface area contributed by atoms with Crippen LogP contribution in [0.2, 0.25) is 0 Å². The maximum Gasteiger partial charge on any atom is 0.293 e. The number of hydrogen-bond donors (Lipinski definition) is 0. The Hall–Kier alpha value is -0.530. The summed E-state index contributed by atoms with van der Waals surface area (Å²) in [5.41, 5.74) is 0.198. The van der Waals surface area contributed by atoms with E-state index in [1.807, 2.05) is 0 Å². The zero-order valence-electron chi connectivity index (χ0n) is 8.10. The van der Waals surface area contributed by atoms with E-state index >= 15 is 0 Å². The predicted octanol–water partition coefficient (Wildman–Crippen LogP) is 2.23. The summed E-state index contributed by atoms with van der Waals surface area (Å²) in [6.45, 7) is 11.6. The van der Waals surface area contributed by atoms with Crippen molar-refractivity contribution in [2.75, 3.05) is 6.61 Å². The Morgan fingerprint density at radius 3 is 1.91 bits per heavy atom. The van der Waals surface area contributed by atoms with Crippen LogP contribution in [0.3, 0.4) is 0 Å². The molecule has 0 N–H and O–H groups in total. The molecule has 0 rings (SSSR count). The molecule has 0 saturated heterocycles. The van der Waals surface area contributed by atoms with Crippen LogP contribution in [0.1, 0.15) is 34.6 Å². The molecule has 66 valence electrons. The monoisotopic (exact) mass is 158 g/mol. The van der Waals surface area contributed by atoms with E-state index < -0.39 is 0 Å². The van der Waals surface area contributed by atoms with Crippen molar-refractivity contribution in [3.8, 4) is 0 Å². The molecule has 0 radical (unpaired) electrons. The fourth-order valence-corrected chi connectivity index (χ4v) is 0.459. The third-order valence-corrected chi connectivity index (χ3v) is 2.54. The molecule has 0 fully saturated rings. The topological polar surface area (TPSA) is 26.3 Å². The van der Waals surface area contributed by atoms with Crippen molar-refractivity contribution in [1.29, 1.82) is 0 Å². The Balaban J connectivity index is 4.10. The maximum atomic E-state index is 9.96. The smallest absolute Gasteiger partial charge is 0.293 e. The molecule has 0 heterocycles. The van der Waals surface area contributed by atoms with Gasteiger partial charge in [-0.25, -0.2) is 0 Å². The van der Waals surface area contributed by atoms with Gasteiger partial charge in [0.15, 0.2) is 0 Å². The lowest BCUT2D eigenvalue weighted by Crippen LogP contribution is -2.34. The van der Waals surface area contributed by atoms with Crippen LogP contribution >= 0.6 is 0 Å². The maximum absolute atomic E-state index is 9.96. The third-order valence-electron chi connectivity index (χ3n) is 2.54. The van der Waals surface area contributed by atoms with Crippen LogP contribution in [0.25, 0.3) is 0 Å². The van der Waals surface area contributed by atoms with Gasteiger partial charge in [0.1, 0.15) is 0 Å². The van der Waals surface area contributed by atoms with Crippen molar-refractivity contribution >= 4 is 6.47 Å². The second-order valence-corrected chi connectivity index (χ2v) is 4.54. The number of carbonyl (C=O) groups is 1. The van der Waals surface area contributed by atoms with Gasteiger partial charge in [-0.15, -0.1) is 0 Å². The number of rotatable bonds is 3. The SMILES string of the molecule is CC(C)(C)C(C)(C)COC=O. The van der Waals surface area contributed by atoms with Crippen molar-refractivity contribution in [2.24, 2.45) is 10.8 Å². The Kier molecular flexibility index (Phi) is 3.09. The zero-order valence-corrected chi connectivity index (χ0v) is 8.10. The molecule has 0 aromatic carbocycles. The lowest BCUT2D eigenvalue weighted by molar-refractivity contribution is -0.133. The summed E-state index contributed by atoms with van der Waals surface area (Å²) in [4.78, 5) is 9.96. The fourth-order valence-electron chi connectivity index (χ4n) is 0.459. The number of hydrogen-bond acceptors (Lipinski definition) is 2. The average molecular weight is 158 g/mol. The first-order valence-electron chi connectivity index (χ1n) is 3.86. The number of carbonyl (C=O) groups excluding carboxylic acids is 1. The van der Waals surface area contributed by atoms with E-state index in [9.17, 15) is 4.79 Å². The Morgan fingerprint density at radius 1 is 1.18 bits per heavy atom. The first-order chi connectivity index (χ1) is 4.81. The highest BCUT2D eigenvalue weighted by Gasteiger charge is 2.33. The van der Waals surface area contributed by atoms with Gasteiger partial charge in [-0.2, -0.15) is 0 Å². The van der Waals surface area contributed by atoms with Gasteiger partial charge in [0.25, 0.3) is 6.47 Å². The van der Waals surface area contributed by atoms with Crippen LogP contribution in [0.4, 0.5) is 0 Å². The van der Waals surface area contributed by atoms with Crippen LogP contribution in [-0.2, 0) is 9.53 Å². The summed E-state index contributed by atoms with van der Waals surface area (Å²) in [6.07, 6.45) is 0. The first kappa shape index (κ1) is 10.5. The van der Waals surface area contributed by atoms with Crippen LogP contribution < -0.4 is 0 Å². The molecule has 0 aromatic rings. The molecule has 0 spiro atoms. The molecule has 0 saturated carbocycles. The van der Waals surface area contributed by atoms with Crippen LogP contribution in [0.5, 0.6) is 0 Å². The molecule has 11 heavy (non-hydrogen) atoms. The molecule has 0 aromatic heterocycles. The molecule has 0 aliphatic heterocycles. The second-order valence-electron chi connectivity index (χ2n) is 4.54. The zero-order chi connectivity index (χ0) is 9.12. The summed E-state index contributed by atoms with van der Waals surface area (Å²) in [5, 5.41) is 0. The number of ether oxygens (including phenoxy) is 1. The van der Waals surface area contributed by atoms with E-state index in [1.165, 1.54) is 0 Å². The van der Waals surface area contributed by atoms with Crippen LogP contribution in [-0.4, -0.2) is 13.1 Å². The van der Waals surface area contributed by atoms with E-state index in [0.717, 1.165) is 0 Å². The fraction of sp³-hybridized carbons (Fsp3) is 0.889. The van der Waals surface area contributed by atoms with Crippen molar-refractivity contribution in [2.45, 2.75) is 34.6 Å². The summed E-state index contributed by atoms with van der Waals surface area (Å²) in [6, 6.07) is 0. The summed E-state index contributed by atoms with van der Waals surface area (Å²) in [7, 11) is 0. The molecule has 0 bridgehead atoms. The molecule has 2 nitrogen and oxygen atoms in total. The normalized spacial score (nSPS) is 12.8. The highest BCUT2D eigenvalue weighted by Crippen LogP contribution is 2.37. The van der Waals surface area contributed by atoms with Crippen LogP contribution in [0, 0.1) is 10.8 Å². The minimum Gasteiger partial charge on any atom is -0.467 e. The van der Waals surface area contributed by atoms with Crippen LogP contribution in [0.15, 0.2) is 0 Å². The summed E-state index contributed by atoms with van der Waals surface area (Å²) >= 11 is 0. The van der Waals surface area contributed by atoms with Gasteiger partial charge >= 0.3 is 0 Å². The van der Waals surface area contributed by atoms with Gasteiger partial charge in [-0.05, 0) is 5.41 Å². The minimum absolute atomic E-state index is 0.0356. The molecule has 0 unspecified atom stereocenters. The first-order valence-corrected chi connectivity index (χ1v) is 3.86. The van der Waals surface area contributed by atoms with E-state index in [-0.39, 0.29) is 10.8 Å². The summed E-state index contributed by atoms with van der Waals surface area (Å²) < 4.78 is 4.74. The molecule has 0 atom stereocenters. The highest BCUT2D eigenvalue weighted by molar-refractivity contribution is 5.37. The Labute approximate surface area is 68.9 Å². The molecular weight excluding hydrogens is 140 g/mol. The van der Waals surface area contributed by atoms with E-state index in [1.54, 1.807) is 0 Å². The van der Waals surface area contributed by atoms with Crippen molar-refractivity contribution in [1.82, 2.24) is 0 Å². The van der Waals surface area contributed by atoms with Gasteiger partial charge in [0.05, 0.1) is 6.61 Å². The van der Waals surface area contributed by atoms with Crippen molar-refractivity contribution < 1.29 is 9.53 Å². The van der Waals surface area contributed by atoms with Gasteiger partial charge in [-0.1, -0.05) is 34.6 Å². The molecule has 0 amide bonds. The van der Waals surface area contributed by atoms with E-state index in [0.29, 0.717) is 13.1 Å². The quantitative estimate of drug-likeness (QED) is 0.589. The standard InChI is InChI=1S/C9H18O2/c1-8(2,3)9(4,5)6-11-7-10/h7H,6H2,1-5H3. The average Bonchev–Trinajstić information content (AvgIpc) is 1.81. The Morgan fingerprint density at radius 2 is 1.64 bits per heavy atom. The van der Waals surface area contributed by atoms with E-state index in [4.69, 9.17) is 4.74 Å². The summed E-state index contributed by atoms with van der Waals surface area (Å²) in [5.74, 6) is 0. The molecular formula is C9H18O2. The Bertz CT molecular complexity index is 131. The molecule has 2 heteroatoms. The predicted molar refractivity (Wildman–Crippen MR) is 45.3 cm³/mol. The third kappa shape index (κ3) is 2.91. The van der Waals surface area contributed by atoms with Gasteiger partial charge in [0.2, 0.25) is 0 Å². The largest absolute Gasteiger partial charge is 0.467 e. The van der Waals surface area contributed by atoms with Crippen molar-refractivity contribution in [3.05, 3.63) is 0 Å². The highest BCUT2D eigenvalue weighted by atomic mass is 16.5. The van der Waals surface area contributed by atoms with Gasteiger partial charge in [0, 0.05) is 5.41 Å². The molecule has 0 aliphatic rings. The molecule has 0 aliphatic carbocycles. The van der Waals surface area contributed by atoms with E-state index in [2.05, 4.69) is 34.6 Å². The van der Waals surface area contributed by atoms with Crippen molar-refractivity contribution in [3.63, 3.8) is 0 Å². The minimum atomic E-state index is 0.0356. The van der Waals surface area contributed by atoms with Gasteiger partial charge in [-0.3, -0.25) is 4.79 Å². The lowest BCUT2D eigenvalue weighted by atomic mass is 9.70. The lowest BCUT2D eigenvalue weighted by Gasteiger charge is -2.37.